The summed E-state index contributed by atoms with van der Waals surface area (Å²) in [5.41, 5.74) is 0.578. The van der Waals surface area contributed by atoms with Crippen LogP contribution in [0, 0.1) is 0 Å². The molecule has 0 aliphatic carbocycles. The van der Waals surface area contributed by atoms with Crippen molar-refractivity contribution >= 4 is 21.9 Å². The molecule has 94 valence electrons. The Labute approximate surface area is 104 Å². The normalized spacial score (nSPS) is 15.8. The minimum atomic E-state index is -3.29. The predicted octanol–water partition coefficient (Wildman–Crippen LogP) is 1.46. The van der Waals surface area contributed by atoms with Gasteiger partial charge in [-0.1, -0.05) is 0 Å². The van der Waals surface area contributed by atoms with Crippen LogP contribution in [0.25, 0.3) is 6.08 Å². The van der Waals surface area contributed by atoms with Crippen molar-refractivity contribution in [3.63, 3.8) is 0 Å². The topological polar surface area (TPSA) is 80.7 Å². The van der Waals surface area contributed by atoms with Crippen LogP contribution in [0.1, 0.15) is 5.56 Å². The fourth-order valence-electron chi connectivity index (χ4n) is 1.54. The average molecular weight is 266 g/mol. The zero-order valence-corrected chi connectivity index (χ0v) is 10.1. The minimum absolute atomic E-state index is 0.113. The average Bonchev–Trinajstić information content (AvgIpc) is 2.61. The SMILES string of the molecule is O=C(O)C=CCOc1ccc2c(c1)C=CS2(=O)=O. The first-order chi connectivity index (χ1) is 8.49. The lowest BCUT2D eigenvalue weighted by molar-refractivity contribution is -0.131. The van der Waals surface area contributed by atoms with Crippen molar-refractivity contribution in [3.05, 3.63) is 41.3 Å². The molecule has 0 atom stereocenters. The molecule has 1 N–H and O–H groups in total. The summed E-state index contributed by atoms with van der Waals surface area (Å²) >= 11 is 0. The number of hydrogen-bond acceptors (Lipinski definition) is 4. The first-order valence-electron chi connectivity index (χ1n) is 5.08. The second-order valence-electron chi connectivity index (χ2n) is 3.60. The molecule has 0 spiro atoms. The molecule has 0 bridgehead atoms. The van der Waals surface area contributed by atoms with E-state index in [1.807, 2.05) is 0 Å². The first kappa shape index (κ1) is 12.4. The van der Waals surface area contributed by atoms with Crippen LogP contribution in [0.2, 0.25) is 0 Å². The van der Waals surface area contributed by atoms with Crippen LogP contribution in [0.3, 0.4) is 0 Å². The number of rotatable bonds is 4. The second-order valence-corrected chi connectivity index (χ2v) is 5.40. The highest BCUT2D eigenvalue weighted by Gasteiger charge is 2.20. The number of ether oxygens (including phenoxy) is 1. The van der Waals surface area contributed by atoms with Crippen LogP contribution in [0.15, 0.2) is 40.7 Å². The summed E-state index contributed by atoms with van der Waals surface area (Å²) in [6, 6.07) is 4.61. The van der Waals surface area contributed by atoms with Crippen molar-refractivity contribution in [1.29, 1.82) is 0 Å². The Hall–Kier alpha value is -2.08. The van der Waals surface area contributed by atoms with Crippen LogP contribution in [0.4, 0.5) is 0 Å². The molecule has 2 rings (SSSR count). The quantitative estimate of drug-likeness (QED) is 0.834. The molecule has 1 aliphatic heterocycles. The largest absolute Gasteiger partial charge is 0.490 e. The third-order valence-corrected chi connectivity index (χ3v) is 3.80. The molecule has 0 radical (unpaired) electrons. The third kappa shape index (κ3) is 2.60. The molecule has 5 nitrogen and oxygen atoms in total. The van der Waals surface area contributed by atoms with Crippen LogP contribution in [-0.2, 0) is 14.6 Å². The molecule has 0 saturated carbocycles. The maximum Gasteiger partial charge on any atom is 0.328 e. The van der Waals surface area contributed by atoms with Gasteiger partial charge in [0.05, 0.1) is 4.90 Å². The molecule has 6 heteroatoms. The number of carbonyl (C=O) groups is 1. The summed E-state index contributed by atoms with van der Waals surface area (Å²) in [7, 11) is -3.29. The van der Waals surface area contributed by atoms with E-state index < -0.39 is 15.8 Å². The smallest absolute Gasteiger partial charge is 0.328 e. The van der Waals surface area contributed by atoms with E-state index in [4.69, 9.17) is 9.84 Å². The Kier molecular flexibility index (Phi) is 3.20. The van der Waals surface area contributed by atoms with Crippen molar-refractivity contribution in [2.75, 3.05) is 6.61 Å². The molecular formula is C12H10O5S. The molecule has 1 aliphatic rings. The van der Waals surface area contributed by atoms with Crippen LogP contribution >= 0.6 is 0 Å². The molecule has 0 unspecified atom stereocenters. The van der Waals surface area contributed by atoms with Crippen LogP contribution < -0.4 is 4.74 Å². The number of hydrogen-bond donors (Lipinski definition) is 1. The molecule has 1 aromatic carbocycles. The van der Waals surface area contributed by atoms with Gasteiger partial charge in [-0.3, -0.25) is 0 Å². The molecule has 0 fully saturated rings. The maximum atomic E-state index is 11.5. The Morgan fingerprint density at radius 3 is 2.89 bits per heavy atom. The van der Waals surface area contributed by atoms with Gasteiger partial charge in [-0.2, -0.15) is 0 Å². The molecule has 1 aromatic rings. The van der Waals surface area contributed by atoms with Gasteiger partial charge in [-0.05, 0) is 35.9 Å². The van der Waals surface area contributed by atoms with Gasteiger partial charge < -0.3 is 9.84 Å². The number of carboxylic acid groups (broad SMARTS) is 1. The summed E-state index contributed by atoms with van der Waals surface area (Å²) in [5, 5.41) is 9.52. The molecule has 0 amide bonds. The van der Waals surface area contributed by atoms with E-state index in [0.29, 0.717) is 11.3 Å². The minimum Gasteiger partial charge on any atom is -0.490 e. The molecular weight excluding hydrogens is 256 g/mol. The van der Waals surface area contributed by atoms with Crippen LogP contribution in [-0.4, -0.2) is 26.1 Å². The highest BCUT2D eigenvalue weighted by Crippen LogP contribution is 2.29. The van der Waals surface area contributed by atoms with Crippen molar-refractivity contribution < 1.29 is 23.1 Å². The van der Waals surface area contributed by atoms with Gasteiger partial charge in [0.15, 0.2) is 9.84 Å². The lowest BCUT2D eigenvalue weighted by Crippen LogP contribution is -1.97. The highest BCUT2D eigenvalue weighted by molar-refractivity contribution is 7.94. The zero-order chi connectivity index (χ0) is 13.2. The van der Waals surface area contributed by atoms with E-state index in [1.54, 1.807) is 6.07 Å². The van der Waals surface area contributed by atoms with Gasteiger partial charge in [-0.25, -0.2) is 13.2 Å². The van der Waals surface area contributed by atoms with Crippen molar-refractivity contribution in [2.45, 2.75) is 4.90 Å². The monoisotopic (exact) mass is 266 g/mol. The Bertz CT molecular complexity index is 640. The first-order valence-corrected chi connectivity index (χ1v) is 6.63. The maximum absolute atomic E-state index is 11.5. The van der Waals surface area contributed by atoms with Crippen molar-refractivity contribution in [2.24, 2.45) is 0 Å². The fourth-order valence-corrected chi connectivity index (χ4v) is 2.72. The van der Waals surface area contributed by atoms with Gasteiger partial charge in [-0.15, -0.1) is 0 Å². The zero-order valence-electron chi connectivity index (χ0n) is 9.24. The van der Waals surface area contributed by atoms with E-state index in [9.17, 15) is 13.2 Å². The van der Waals surface area contributed by atoms with Gasteiger partial charge in [0.25, 0.3) is 0 Å². The third-order valence-electron chi connectivity index (χ3n) is 2.32. The predicted molar refractivity (Wildman–Crippen MR) is 64.9 cm³/mol. The number of sulfone groups is 1. The van der Waals surface area contributed by atoms with Gasteiger partial charge in [0, 0.05) is 11.5 Å². The summed E-state index contributed by atoms with van der Waals surface area (Å²) in [6.07, 6.45) is 3.85. The number of aliphatic carboxylic acids is 1. The van der Waals surface area contributed by atoms with Gasteiger partial charge in [0.2, 0.25) is 0 Å². The lowest BCUT2D eigenvalue weighted by Gasteiger charge is -2.05. The van der Waals surface area contributed by atoms with E-state index in [2.05, 4.69) is 0 Å². The molecule has 1 heterocycles. The number of benzene rings is 1. The summed E-state index contributed by atoms with van der Waals surface area (Å²) in [4.78, 5) is 10.5. The van der Waals surface area contributed by atoms with Crippen molar-refractivity contribution in [3.8, 4) is 5.75 Å². The summed E-state index contributed by atoms with van der Waals surface area (Å²) in [6.45, 7) is 0.113. The standard InChI is InChI=1S/C12H10O5S/c13-12(14)2-1-6-17-10-3-4-11-9(8-10)5-7-18(11,15)16/h1-5,7-8H,6H2,(H,13,14). The van der Waals surface area contributed by atoms with E-state index in [1.165, 1.54) is 24.3 Å². The van der Waals surface area contributed by atoms with E-state index in [0.717, 1.165) is 11.5 Å². The Morgan fingerprint density at radius 2 is 2.17 bits per heavy atom. The highest BCUT2D eigenvalue weighted by atomic mass is 32.2. The van der Waals surface area contributed by atoms with Gasteiger partial charge >= 0.3 is 5.97 Å². The lowest BCUT2D eigenvalue weighted by atomic mass is 10.2. The Balaban J connectivity index is 2.10. The Morgan fingerprint density at radius 1 is 1.39 bits per heavy atom. The fraction of sp³-hybridized carbons (Fsp3) is 0.0833. The van der Waals surface area contributed by atoms with Crippen molar-refractivity contribution in [1.82, 2.24) is 0 Å². The molecule has 0 aromatic heterocycles. The summed E-state index contributed by atoms with van der Waals surface area (Å²) < 4.78 is 28.3. The molecule has 18 heavy (non-hydrogen) atoms. The van der Waals surface area contributed by atoms with E-state index in [-0.39, 0.29) is 11.5 Å². The molecule has 0 saturated heterocycles. The van der Waals surface area contributed by atoms with Gasteiger partial charge in [0.1, 0.15) is 12.4 Å². The second kappa shape index (κ2) is 4.66. The van der Waals surface area contributed by atoms with E-state index >= 15 is 0 Å². The van der Waals surface area contributed by atoms with Crippen LogP contribution in [0.5, 0.6) is 5.75 Å². The summed E-state index contributed by atoms with van der Waals surface area (Å²) in [5.74, 6) is -0.549. The number of carboxylic acids is 1. The number of fused-ring (bicyclic) bond motifs is 1.